The van der Waals surface area contributed by atoms with E-state index in [0.29, 0.717) is 0 Å². The summed E-state index contributed by atoms with van der Waals surface area (Å²) in [7, 11) is 1.36. The third-order valence-corrected chi connectivity index (χ3v) is 7.06. The van der Waals surface area contributed by atoms with Crippen LogP contribution in [0.3, 0.4) is 0 Å². The lowest BCUT2D eigenvalue weighted by molar-refractivity contribution is -0.286. The van der Waals surface area contributed by atoms with Crippen LogP contribution in [0.4, 0.5) is 27.6 Å². The number of carbonyl (C=O) groups excluding carboxylic acids is 1. The van der Waals surface area contributed by atoms with Gasteiger partial charge in [0.05, 0.1) is 30.2 Å². The number of ether oxygens (including phenoxy) is 3. The van der Waals surface area contributed by atoms with Gasteiger partial charge in [-0.3, -0.25) is 9.59 Å². The highest BCUT2D eigenvalue weighted by Gasteiger charge is 2.44. The molecule has 16 heteroatoms. The Kier molecular flexibility index (Phi) is 6.68. The Balaban J connectivity index is 1.42. The molecule has 228 valence electrons. The predicted molar refractivity (Wildman–Crippen MR) is 139 cm³/mol. The number of carboxylic acid groups (broad SMARTS) is 1. The van der Waals surface area contributed by atoms with Crippen molar-refractivity contribution in [3.8, 4) is 17.2 Å². The number of rotatable bonds is 5. The second-order valence-electron chi connectivity index (χ2n) is 9.83. The standard InChI is InChI=1S/C28H19F5N4O7/c1-35(16-6-7-20-21(10-16)44-28(32,33)43-20)25(39)14-3-2-4-17(9-14)37-23-18(24(34-37)27(29,30)31)12-42-13-19(23)36-11-15(26(40)41)5-8-22(36)38/h2-11,19H,12-13H2,1H3,(H,40,41). The van der Waals surface area contributed by atoms with Crippen LogP contribution in [0.25, 0.3) is 5.69 Å². The van der Waals surface area contributed by atoms with Crippen LogP contribution in [0.1, 0.15) is 43.7 Å². The first-order valence-corrected chi connectivity index (χ1v) is 12.7. The normalized spacial score (nSPS) is 16.8. The van der Waals surface area contributed by atoms with E-state index in [1.54, 1.807) is 0 Å². The summed E-state index contributed by atoms with van der Waals surface area (Å²) in [6.07, 6.45) is -7.77. The first-order valence-electron chi connectivity index (χ1n) is 12.7. The highest BCUT2D eigenvalue weighted by Crippen LogP contribution is 2.43. The molecular formula is C28H19F5N4O7. The number of amides is 1. The molecule has 1 amide bonds. The number of fused-ring (bicyclic) bond motifs is 2. The van der Waals surface area contributed by atoms with Gasteiger partial charge in [-0.1, -0.05) is 6.07 Å². The average molecular weight is 618 g/mol. The third-order valence-electron chi connectivity index (χ3n) is 7.06. The predicted octanol–water partition coefficient (Wildman–Crippen LogP) is 4.47. The molecule has 11 nitrogen and oxygen atoms in total. The molecule has 2 aliphatic rings. The number of benzene rings is 2. The van der Waals surface area contributed by atoms with Gasteiger partial charge in [0.15, 0.2) is 17.2 Å². The molecule has 0 saturated heterocycles. The highest BCUT2D eigenvalue weighted by molar-refractivity contribution is 6.06. The molecule has 2 aliphatic heterocycles. The van der Waals surface area contributed by atoms with Crippen molar-refractivity contribution in [3.63, 3.8) is 0 Å². The maximum atomic E-state index is 14.1. The van der Waals surface area contributed by atoms with Crippen LogP contribution in [-0.4, -0.2) is 51.3 Å². The fourth-order valence-corrected chi connectivity index (χ4v) is 5.04. The van der Waals surface area contributed by atoms with Crippen molar-refractivity contribution in [1.29, 1.82) is 0 Å². The summed E-state index contributed by atoms with van der Waals surface area (Å²) in [5.74, 6) is -2.53. The average Bonchev–Trinajstić information content (AvgIpc) is 3.53. The Morgan fingerprint density at radius 3 is 2.52 bits per heavy atom. The molecule has 0 radical (unpaired) electrons. The van der Waals surface area contributed by atoms with Gasteiger partial charge < -0.3 is 28.8 Å². The van der Waals surface area contributed by atoms with E-state index in [0.717, 1.165) is 32.5 Å². The summed E-state index contributed by atoms with van der Waals surface area (Å²) in [6, 6.07) is 10.0. The number of carboxylic acids is 1. The summed E-state index contributed by atoms with van der Waals surface area (Å²) < 4.78 is 85.4. The Bertz CT molecular complexity index is 1880. The molecule has 2 aromatic carbocycles. The van der Waals surface area contributed by atoms with Gasteiger partial charge >= 0.3 is 18.4 Å². The van der Waals surface area contributed by atoms with Crippen LogP contribution in [0.2, 0.25) is 0 Å². The quantitative estimate of drug-likeness (QED) is 0.325. The molecule has 0 bridgehead atoms. The molecule has 1 unspecified atom stereocenters. The second-order valence-corrected chi connectivity index (χ2v) is 9.83. The summed E-state index contributed by atoms with van der Waals surface area (Å²) >= 11 is 0. The molecule has 0 saturated carbocycles. The monoisotopic (exact) mass is 618 g/mol. The van der Waals surface area contributed by atoms with E-state index >= 15 is 0 Å². The molecule has 44 heavy (non-hydrogen) atoms. The lowest BCUT2D eigenvalue weighted by atomic mass is 10.0. The number of hydrogen-bond acceptors (Lipinski definition) is 7. The van der Waals surface area contributed by atoms with Gasteiger partial charge in [0, 0.05) is 42.2 Å². The van der Waals surface area contributed by atoms with Crippen LogP contribution < -0.4 is 19.9 Å². The third kappa shape index (κ3) is 5.02. The summed E-state index contributed by atoms with van der Waals surface area (Å²) in [6.45, 7) is -0.762. The van der Waals surface area contributed by atoms with Crippen molar-refractivity contribution in [2.24, 2.45) is 0 Å². The van der Waals surface area contributed by atoms with Gasteiger partial charge in [-0.2, -0.15) is 18.3 Å². The molecule has 1 atom stereocenters. The minimum absolute atomic E-state index is 0.000503. The topological polar surface area (TPSA) is 125 Å². The molecule has 4 heterocycles. The van der Waals surface area contributed by atoms with Gasteiger partial charge in [-0.05, 0) is 36.4 Å². The lowest BCUT2D eigenvalue weighted by Crippen LogP contribution is -2.33. The number of hydrogen-bond donors (Lipinski definition) is 1. The molecule has 1 N–H and O–H groups in total. The maximum absolute atomic E-state index is 14.1. The van der Waals surface area contributed by atoms with Crippen LogP contribution >= 0.6 is 0 Å². The van der Waals surface area contributed by atoms with Crippen molar-refractivity contribution in [2.45, 2.75) is 25.1 Å². The Labute approximate surface area is 243 Å². The maximum Gasteiger partial charge on any atom is 0.586 e. The van der Waals surface area contributed by atoms with Crippen LogP contribution in [0.5, 0.6) is 11.5 Å². The minimum Gasteiger partial charge on any atom is -0.478 e. The van der Waals surface area contributed by atoms with E-state index in [2.05, 4.69) is 14.6 Å². The van der Waals surface area contributed by atoms with Crippen molar-refractivity contribution in [1.82, 2.24) is 14.3 Å². The van der Waals surface area contributed by atoms with Crippen molar-refractivity contribution in [2.75, 3.05) is 18.6 Å². The van der Waals surface area contributed by atoms with E-state index in [9.17, 15) is 41.4 Å². The van der Waals surface area contributed by atoms with Gasteiger partial charge in [0.2, 0.25) is 0 Å². The number of nitrogens with zero attached hydrogens (tertiary/aromatic N) is 4. The van der Waals surface area contributed by atoms with Crippen molar-refractivity contribution in [3.05, 3.63) is 99.2 Å². The SMILES string of the molecule is CN(C(=O)c1cccc(-n2nc(C(F)(F)F)c3c2C(n2cc(C(=O)O)ccc2=O)COC3)c1)c1ccc2c(c1)OC(F)(F)O2. The van der Waals surface area contributed by atoms with E-state index in [4.69, 9.17) is 4.74 Å². The molecule has 0 fully saturated rings. The molecule has 4 aromatic rings. The number of alkyl halides is 5. The summed E-state index contributed by atoms with van der Waals surface area (Å²) in [5.41, 5.74) is -2.49. The molecule has 6 rings (SSSR count). The Hall–Kier alpha value is -5.25. The number of aromatic carboxylic acids is 1. The van der Waals surface area contributed by atoms with Gasteiger partial charge in [0.1, 0.15) is 6.04 Å². The summed E-state index contributed by atoms with van der Waals surface area (Å²) in [5, 5.41) is 13.2. The van der Waals surface area contributed by atoms with E-state index < -0.39 is 48.2 Å². The second kappa shape index (κ2) is 10.2. The Morgan fingerprint density at radius 2 is 1.80 bits per heavy atom. The number of anilines is 1. The van der Waals surface area contributed by atoms with Crippen LogP contribution in [0.15, 0.2) is 65.6 Å². The van der Waals surface area contributed by atoms with E-state index in [1.807, 2.05) is 0 Å². The van der Waals surface area contributed by atoms with Crippen molar-refractivity contribution < 1.29 is 50.9 Å². The zero-order valence-corrected chi connectivity index (χ0v) is 22.3. The number of pyridine rings is 1. The van der Waals surface area contributed by atoms with Gasteiger partial charge in [-0.15, -0.1) is 8.78 Å². The number of aromatic nitrogens is 3. The number of carbonyl (C=O) groups is 2. The molecule has 0 aliphatic carbocycles. The first-order chi connectivity index (χ1) is 20.7. The van der Waals surface area contributed by atoms with Crippen molar-refractivity contribution >= 4 is 17.6 Å². The summed E-state index contributed by atoms with van der Waals surface area (Å²) in [4.78, 5) is 38.9. The first kappa shape index (κ1) is 28.9. The fourth-order valence-electron chi connectivity index (χ4n) is 5.04. The molecule has 0 spiro atoms. The molecular weight excluding hydrogens is 599 g/mol. The molecule has 2 aromatic heterocycles. The zero-order chi connectivity index (χ0) is 31.6. The Morgan fingerprint density at radius 1 is 1.05 bits per heavy atom. The van der Waals surface area contributed by atoms with E-state index in [1.165, 1.54) is 49.5 Å². The highest BCUT2D eigenvalue weighted by atomic mass is 19.4. The van der Waals surface area contributed by atoms with Gasteiger partial charge in [-0.25, -0.2) is 9.48 Å². The smallest absolute Gasteiger partial charge is 0.478 e. The lowest BCUT2D eigenvalue weighted by Gasteiger charge is -2.27. The van der Waals surface area contributed by atoms with Gasteiger partial charge in [0.25, 0.3) is 11.5 Å². The van der Waals surface area contributed by atoms with E-state index in [-0.39, 0.29) is 51.9 Å². The zero-order valence-electron chi connectivity index (χ0n) is 22.3. The largest absolute Gasteiger partial charge is 0.586 e. The fraction of sp³-hybridized carbons (Fsp3) is 0.214. The minimum atomic E-state index is -4.92. The van der Waals surface area contributed by atoms with Crippen LogP contribution in [0, 0.1) is 0 Å². The van der Waals surface area contributed by atoms with Crippen LogP contribution in [-0.2, 0) is 17.5 Å². The number of halogens is 5.